The van der Waals surface area contributed by atoms with E-state index in [1.54, 1.807) is 0 Å². The van der Waals surface area contributed by atoms with Crippen molar-refractivity contribution in [3.05, 3.63) is 59.2 Å². The third-order valence-corrected chi connectivity index (χ3v) is 5.26. The molecule has 0 aliphatic carbocycles. The van der Waals surface area contributed by atoms with Crippen LogP contribution in [0.4, 0.5) is 11.4 Å². The van der Waals surface area contributed by atoms with Crippen molar-refractivity contribution in [2.45, 2.75) is 46.2 Å². The second-order valence-electron chi connectivity index (χ2n) is 7.26. The summed E-state index contributed by atoms with van der Waals surface area (Å²) >= 11 is 0. The van der Waals surface area contributed by atoms with Gasteiger partial charge < -0.3 is 10.6 Å². The van der Waals surface area contributed by atoms with Gasteiger partial charge in [-0.2, -0.15) is 0 Å². The molecule has 3 rings (SSSR count). The van der Waals surface area contributed by atoms with Gasteiger partial charge in [-0.3, -0.25) is 9.69 Å². The van der Waals surface area contributed by atoms with Crippen LogP contribution in [-0.4, -0.2) is 29.9 Å². The Morgan fingerprint density at radius 3 is 2.43 bits per heavy atom. The molecule has 0 spiro atoms. The zero-order valence-corrected chi connectivity index (χ0v) is 18.5. The molecule has 154 valence electrons. The summed E-state index contributed by atoms with van der Waals surface area (Å²) in [6, 6.07) is 14.4. The van der Waals surface area contributed by atoms with Crippen LogP contribution >= 0.6 is 24.8 Å². The Kier molecular flexibility index (Phi) is 9.28. The van der Waals surface area contributed by atoms with Gasteiger partial charge in [0.2, 0.25) is 0 Å². The minimum absolute atomic E-state index is 0. The monoisotopic (exact) mass is 423 g/mol. The number of fused-ring (bicyclic) bond motifs is 1. The first kappa shape index (κ1) is 24.3. The largest absolute Gasteiger partial charge is 0.398 e. The smallest absolute Gasteiger partial charge is 0.258 e. The zero-order chi connectivity index (χ0) is 18.7. The van der Waals surface area contributed by atoms with Crippen molar-refractivity contribution < 1.29 is 4.79 Å². The summed E-state index contributed by atoms with van der Waals surface area (Å²) in [5.41, 5.74) is 10.9. The number of anilines is 2. The number of carbonyl (C=O) groups excluding carboxylic acids is 1. The maximum atomic E-state index is 13.0. The van der Waals surface area contributed by atoms with Gasteiger partial charge in [-0.05, 0) is 68.6 Å². The highest BCUT2D eigenvalue weighted by Gasteiger charge is 2.24. The molecule has 1 amide bonds. The molecule has 0 fully saturated rings. The molecule has 28 heavy (non-hydrogen) atoms. The predicted octanol–water partition coefficient (Wildman–Crippen LogP) is 4.94. The maximum Gasteiger partial charge on any atom is 0.258 e. The number of amides is 1. The molecule has 0 atom stereocenters. The molecule has 1 aliphatic heterocycles. The number of nitrogens with zero attached hydrogens (tertiary/aromatic N) is 2. The summed E-state index contributed by atoms with van der Waals surface area (Å²) < 4.78 is 0. The van der Waals surface area contributed by atoms with Gasteiger partial charge in [0.05, 0.1) is 0 Å². The zero-order valence-electron chi connectivity index (χ0n) is 16.9. The van der Waals surface area contributed by atoms with Gasteiger partial charge in [0.1, 0.15) is 0 Å². The third-order valence-electron chi connectivity index (χ3n) is 5.26. The summed E-state index contributed by atoms with van der Waals surface area (Å²) in [4.78, 5) is 17.3. The summed E-state index contributed by atoms with van der Waals surface area (Å²) in [6.45, 7) is 9.27. The molecule has 4 nitrogen and oxygen atoms in total. The van der Waals surface area contributed by atoms with E-state index in [0.717, 1.165) is 55.0 Å². The molecule has 0 bridgehead atoms. The number of carbonyl (C=O) groups is 1. The molecule has 2 N–H and O–H groups in total. The van der Waals surface area contributed by atoms with Crippen molar-refractivity contribution in [3.8, 4) is 0 Å². The van der Waals surface area contributed by atoms with E-state index in [0.29, 0.717) is 6.04 Å². The quantitative estimate of drug-likeness (QED) is 0.692. The Bertz CT molecular complexity index is 778. The Morgan fingerprint density at radius 2 is 1.82 bits per heavy atom. The second-order valence-corrected chi connectivity index (χ2v) is 7.26. The van der Waals surface area contributed by atoms with Crippen LogP contribution in [0.1, 0.15) is 48.7 Å². The van der Waals surface area contributed by atoms with E-state index in [1.165, 1.54) is 5.56 Å². The number of rotatable bonds is 5. The van der Waals surface area contributed by atoms with Crippen LogP contribution in [-0.2, 0) is 13.0 Å². The van der Waals surface area contributed by atoms with E-state index in [4.69, 9.17) is 5.73 Å². The van der Waals surface area contributed by atoms with E-state index in [9.17, 15) is 4.79 Å². The SMILES string of the molecule is CCN(Cc1ccc(C(=O)N2CCCc3c(N)cccc32)cc1)C(C)C.Cl.Cl. The van der Waals surface area contributed by atoms with Crippen molar-refractivity contribution in [3.63, 3.8) is 0 Å². The third kappa shape index (κ3) is 5.19. The lowest BCUT2D eigenvalue weighted by molar-refractivity contribution is 0.0985. The van der Waals surface area contributed by atoms with E-state index in [2.05, 4.69) is 37.8 Å². The molecule has 2 aromatic rings. The normalized spacial score (nSPS) is 13.0. The number of halogens is 2. The van der Waals surface area contributed by atoms with Crippen molar-refractivity contribution in [2.75, 3.05) is 23.7 Å². The number of nitrogen functional groups attached to an aromatic ring is 1. The van der Waals surface area contributed by atoms with Crippen LogP contribution in [0.2, 0.25) is 0 Å². The van der Waals surface area contributed by atoms with E-state index in [-0.39, 0.29) is 30.7 Å². The van der Waals surface area contributed by atoms with Crippen LogP contribution < -0.4 is 10.6 Å². The Hall–Kier alpha value is -1.75. The van der Waals surface area contributed by atoms with Crippen LogP contribution in [0.25, 0.3) is 0 Å². The molecule has 0 aromatic heterocycles. The molecular formula is C22H31Cl2N3O. The summed E-state index contributed by atoms with van der Waals surface area (Å²) in [5.74, 6) is 0.0549. The van der Waals surface area contributed by atoms with Crippen molar-refractivity contribution >= 4 is 42.1 Å². The maximum absolute atomic E-state index is 13.0. The van der Waals surface area contributed by atoms with Gasteiger partial charge in [0.25, 0.3) is 5.91 Å². The Morgan fingerprint density at radius 1 is 1.14 bits per heavy atom. The molecular weight excluding hydrogens is 393 g/mol. The van der Waals surface area contributed by atoms with E-state index in [1.807, 2.05) is 35.2 Å². The molecule has 0 saturated heterocycles. The highest BCUT2D eigenvalue weighted by Crippen LogP contribution is 2.32. The number of benzene rings is 2. The molecule has 0 radical (unpaired) electrons. The van der Waals surface area contributed by atoms with Crippen LogP contribution in [0.3, 0.4) is 0 Å². The molecule has 0 unspecified atom stereocenters. The van der Waals surface area contributed by atoms with Crippen LogP contribution in [0.5, 0.6) is 0 Å². The Labute approximate surface area is 180 Å². The number of nitrogens with two attached hydrogens (primary N) is 1. The molecule has 1 aliphatic rings. The van der Waals surface area contributed by atoms with E-state index >= 15 is 0 Å². The van der Waals surface area contributed by atoms with Crippen molar-refractivity contribution in [1.82, 2.24) is 4.90 Å². The van der Waals surface area contributed by atoms with Crippen molar-refractivity contribution in [2.24, 2.45) is 0 Å². The molecule has 0 saturated carbocycles. The lowest BCUT2D eigenvalue weighted by atomic mass is 9.99. The second kappa shape index (κ2) is 10.7. The van der Waals surface area contributed by atoms with Gasteiger partial charge in [0.15, 0.2) is 0 Å². The standard InChI is InChI=1S/C22H29N3O.2ClH/c1-4-24(16(2)3)15-17-10-12-18(13-11-17)22(26)25-14-6-7-19-20(23)8-5-9-21(19)25;;/h5,8-13,16H,4,6-7,14-15,23H2,1-3H3;2*1H. The topological polar surface area (TPSA) is 49.6 Å². The first-order chi connectivity index (χ1) is 12.5. The highest BCUT2D eigenvalue weighted by molar-refractivity contribution is 6.07. The van der Waals surface area contributed by atoms with Gasteiger partial charge in [0, 0.05) is 36.1 Å². The highest BCUT2D eigenvalue weighted by atomic mass is 35.5. The fourth-order valence-corrected chi connectivity index (χ4v) is 3.67. The predicted molar refractivity (Wildman–Crippen MR) is 123 cm³/mol. The summed E-state index contributed by atoms with van der Waals surface area (Å²) in [6.07, 6.45) is 1.89. The molecule has 1 heterocycles. The first-order valence-corrected chi connectivity index (χ1v) is 9.53. The van der Waals surface area contributed by atoms with Crippen LogP contribution in [0.15, 0.2) is 42.5 Å². The van der Waals surface area contributed by atoms with Crippen LogP contribution in [0, 0.1) is 0 Å². The number of hydrogen-bond acceptors (Lipinski definition) is 3. The lowest BCUT2D eigenvalue weighted by Gasteiger charge is -2.30. The van der Waals surface area contributed by atoms with Gasteiger partial charge in [-0.25, -0.2) is 0 Å². The van der Waals surface area contributed by atoms with Gasteiger partial charge in [-0.1, -0.05) is 25.1 Å². The average molecular weight is 424 g/mol. The Balaban J connectivity index is 0.00000196. The lowest BCUT2D eigenvalue weighted by Crippen LogP contribution is -2.35. The number of hydrogen-bond donors (Lipinski definition) is 1. The molecule has 2 aromatic carbocycles. The van der Waals surface area contributed by atoms with E-state index < -0.39 is 0 Å². The summed E-state index contributed by atoms with van der Waals surface area (Å²) in [7, 11) is 0. The minimum atomic E-state index is 0. The van der Waals surface area contributed by atoms with Gasteiger partial charge >= 0.3 is 0 Å². The summed E-state index contributed by atoms with van der Waals surface area (Å²) in [5, 5.41) is 0. The van der Waals surface area contributed by atoms with Crippen molar-refractivity contribution in [1.29, 1.82) is 0 Å². The first-order valence-electron chi connectivity index (χ1n) is 9.53. The minimum Gasteiger partial charge on any atom is -0.398 e. The average Bonchev–Trinajstić information content (AvgIpc) is 2.66. The van der Waals surface area contributed by atoms with Gasteiger partial charge in [-0.15, -0.1) is 24.8 Å². The molecule has 6 heteroatoms. The fraction of sp³-hybridized carbons (Fsp3) is 0.409. The fourth-order valence-electron chi connectivity index (χ4n) is 3.67.